The first-order chi connectivity index (χ1) is 6.86. The van der Waals surface area contributed by atoms with E-state index in [2.05, 4.69) is 9.80 Å². The highest BCUT2D eigenvalue weighted by Gasteiger charge is 2.15. The predicted molar refractivity (Wildman–Crippen MR) is 72.9 cm³/mol. The molecule has 1 aliphatic rings. The van der Waals surface area contributed by atoms with E-state index in [0.717, 1.165) is 59.0 Å². The van der Waals surface area contributed by atoms with Crippen molar-refractivity contribution in [2.24, 2.45) is 5.73 Å². The van der Waals surface area contributed by atoms with Gasteiger partial charge in [-0.25, -0.2) is 0 Å². The Kier molecular flexibility index (Phi) is 14.0. The monoisotopic (exact) mass is 273 g/mol. The van der Waals surface area contributed by atoms with Crippen LogP contribution in [0.15, 0.2) is 0 Å². The summed E-state index contributed by atoms with van der Waals surface area (Å²) in [6.07, 6.45) is 0. The Morgan fingerprint density at radius 3 is 1.94 bits per heavy atom. The maximum Gasteiger partial charge on any atom is 0.0593 e. The molecule has 0 aromatic heterocycles. The molecule has 1 fully saturated rings. The molecule has 100 valence electrons. The zero-order valence-electron chi connectivity index (χ0n) is 10.1. The fourth-order valence-corrected chi connectivity index (χ4v) is 1.76. The molecule has 2 N–H and O–H groups in total. The van der Waals surface area contributed by atoms with Crippen molar-refractivity contribution < 1.29 is 4.74 Å². The number of hydrogen-bond acceptors (Lipinski definition) is 4. The van der Waals surface area contributed by atoms with E-state index in [4.69, 9.17) is 10.5 Å². The van der Waals surface area contributed by atoms with Gasteiger partial charge in [0.05, 0.1) is 6.61 Å². The van der Waals surface area contributed by atoms with Crippen LogP contribution in [-0.2, 0) is 4.74 Å². The zero-order chi connectivity index (χ0) is 10.2. The Morgan fingerprint density at radius 1 is 1.00 bits per heavy atom. The van der Waals surface area contributed by atoms with Gasteiger partial charge in [-0.1, -0.05) is 0 Å². The maximum absolute atomic E-state index is 5.52. The molecule has 1 aliphatic heterocycles. The predicted octanol–water partition coefficient (Wildman–Crippen LogP) is 0.443. The number of nitrogens with two attached hydrogens (primary N) is 1. The third kappa shape index (κ3) is 7.65. The van der Waals surface area contributed by atoms with Crippen LogP contribution in [0.25, 0.3) is 0 Å². The Labute approximate surface area is 111 Å². The molecule has 0 aliphatic carbocycles. The third-order valence-corrected chi connectivity index (χ3v) is 2.67. The van der Waals surface area contributed by atoms with Crippen molar-refractivity contribution in [1.29, 1.82) is 0 Å². The fraction of sp³-hybridized carbons (Fsp3) is 1.00. The van der Waals surface area contributed by atoms with Gasteiger partial charge in [-0.05, 0) is 6.92 Å². The van der Waals surface area contributed by atoms with Gasteiger partial charge in [-0.15, -0.1) is 24.8 Å². The van der Waals surface area contributed by atoms with E-state index in [0.29, 0.717) is 0 Å². The van der Waals surface area contributed by atoms with Crippen molar-refractivity contribution in [2.75, 3.05) is 59.0 Å². The molecule has 16 heavy (non-hydrogen) atoms. The average molecular weight is 274 g/mol. The molecule has 0 bridgehead atoms. The number of ether oxygens (including phenoxy) is 1. The first kappa shape index (κ1) is 18.8. The molecule has 0 spiro atoms. The van der Waals surface area contributed by atoms with E-state index in [9.17, 15) is 0 Å². The quantitative estimate of drug-likeness (QED) is 0.714. The van der Waals surface area contributed by atoms with E-state index < -0.39 is 0 Å². The summed E-state index contributed by atoms with van der Waals surface area (Å²) >= 11 is 0. The van der Waals surface area contributed by atoms with E-state index in [-0.39, 0.29) is 24.8 Å². The van der Waals surface area contributed by atoms with Gasteiger partial charge in [0.2, 0.25) is 0 Å². The van der Waals surface area contributed by atoms with Gasteiger partial charge in [0, 0.05) is 52.4 Å². The lowest BCUT2D eigenvalue weighted by Crippen LogP contribution is -2.48. The van der Waals surface area contributed by atoms with Crippen molar-refractivity contribution in [1.82, 2.24) is 9.80 Å². The minimum atomic E-state index is 0. The van der Waals surface area contributed by atoms with E-state index in [1.54, 1.807) is 0 Å². The van der Waals surface area contributed by atoms with Crippen LogP contribution >= 0.6 is 24.8 Å². The smallest absolute Gasteiger partial charge is 0.0593 e. The molecule has 1 heterocycles. The van der Waals surface area contributed by atoms with Crippen LogP contribution in [0, 0.1) is 0 Å². The highest BCUT2D eigenvalue weighted by Crippen LogP contribution is 2.00. The lowest BCUT2D eigenvalue weighted by Gasteiger charge is -2.34. The lowest BCUT2D eigenvalue weighted by molar-refractivity contribution is 0.0819. The Balaban J connectivity index is 0. The van der Waals surface area contributed by atoms with E-state index in [1.807, 2.05) is 6.92 Å². The number of piperazine rings is 1. The summed E-state index contributed by atoms with van der Waals surface area (Å²) in [5.41, 5.74) is 5.52. The van der Waals surface area contributed by atoms with Crippen LogP contribution in [0.4, 0.5) is 0 Å². The van der Waals surface area contributed by atoms with Crippen LogP contribution in [0.3, 0.4) is 0 Å². The first-order valence-corrected chi connectivity index (χ1v) is 5.59. The Bertz CT molecular complexity index is 144. The number of nitrogens with zero attached hydrogens (tertiary/aromatic N) is 2. The van der Waals surface area contributed by atoms with Gasteiger partial charge in [0.25, 0.3) is 0 Å². The number of rotatable bonds is 6. The SMILES string of the molecule is CCOCCN1CCN(CCN)CC1.Cl.Cl. The number of hydrogen-bond donors (Lipinski definition) is 1. The topological polar surface area (TPSA) is 41.7 Å². The molecule has 0 atom stereocenters. The first-order valence-electron chi connectivity index (χ1n) is 5.59. The second kappa shape index (κ2) is 11.9. The van der Waals surface area contributed by atoms with Crippen molar-refractivity contribution in [3.05, 3.63) is 0 Å². The summed E-state index contributed by atoms with van der Waals surface area (Å²) < 4.78 is 5.34. The molecule has 0 unspecified atom stereocenters. The molecule has 0 aromatic rings. The molecular formula is C10H25Cl2N3O. The van der Waals surface area contributed by atoms with Gasteiger partial charge in [-0.3, -0.25) is 9.80 Å². The van der Waals surface area contributed by atoms with Gasteiger partial charge in [0.15, 0.2) is 0 Å². The minimum Gasteiger partial charge on any atom is -0.380 e. The van der Waals surface area contributed by atoms with Crippen LogP contribution in [0.1, 0.15) is 6.92 Å². The minimum absolute atomic E-state index is 0. The summed E-state index contributed by atoms with van der Waals surface area (Å²) in [5.74, 6) is 0. The van der Waals surface area contributed by atoms with Crippen molar-refractivity contribution in [3.8, 4) is 0 Å². The Morgan fingerprint density at radius 2 is 1.50 bits per heavy atom. The average Bonchev–Trinajstić information content (AvgIpc) is 2.21. The highest BCUT2D eigenvalue weighted by atomic mass is 35.5. The molecule has 4 nitrogen and oxygen atoms in total. The molecule has 1 rings (SSSR count). The highest BCUT2D eigenvalue weighted by molar-refractivity contribution is 5.85. The molecule has 1 saturated heterocycles. The second-order valence-electron chi connectivity index (χ2n) is 3.67. The molecule has 0 amide bonds. The summed E-state index contributed by atoms with van der Waals surface area (Å²) in [4.78, 5) is 4.89. The second-order valence-corrected chi connectivity index (χ2v) is 3.67. The summed E-state index contributed by atoms with van der Waals surface area (Å²) in [5, 5.41) is 0. The van der Waals surface area contributed by atoms with Gasteiger partial charge in [-0.2, -0.15) is 0 Å². The van der Waals surface area contributed by atoms with Crippen molar-refractivity contribution in [2.45, 2.75) is 6.92 Å². The van der Waals surface area contributed by atoms with Crippen molar-refractivity contribution >= 4 is 24.8 Å². The molecular weight excluding hydrogens is 249 g/mol. The third-order valence-electron chi connectivity index (χ3n) is 2.67. The van der Waals surface area contributed by atoms with Crippen LogP contribution < -0.4 is 5.73 Å². The van der Waals surface area contributed by atoms with Gasteiger partial charge < -0.3 is 10.5 Å². The van der Waals surface area contributed by atoms with Crippen LogP contribution in [0.2, 0.25) is 0 Å². The lowest BCUT2D eigenvalue weighted by atomic mass is 10.3. The summed E-state index contributed by atoms with van der Waals surface area (Å²) in [6.45, 7) is 11.3. The normalized spacial score (nSPS) is 17.6. The molecule has 0 aromatic carbocycles. The maximum atomic E-state index is 5.52. The van der Waals surface area contributed by atoms with E-state index >= 15 is 0 Å². The summed E-state index contributed by atoms with van der Waals surface area (Å²) in [7, 11) is 0. The summed E-state index contributed by atoms with van der Waals surface area (Å²) in [6, 6.07) is 0. The van der Waals surface area contributed by atoms with E-state index in [1.165, 1.54) is 0 Å². The van der Waals surface area contributed by atoms with Crippen molar-refractivity contribution in [3.63, 3.8) is 0 Å². The van der Waals surface area contributed by atoms with Crippen LogP contribution in [-0.4, -0.2) is 68.8 Å². The molecule has 0 saturated carbocycles. The largest absolute Gasteiger partial charge is 0.380 e. The standard InChI is InChI=1S/C10H23N3O.2ClH/c1-2-14-10-9-13-7-5-12(4-3-11)6-8-13;;/h2-11H2,1H3;2*1H. The molecule has 6 heteroatoms. The Hall–Kier alpha value is 0.420. The number of halogens is 2. The van der Waals surface area contributed by atoms with Gasteiger partial charge >= 0.3 is 0 Å². The molecule has 0 radical (unpaired) electrons. The zero-order valence-corrected chi connectivity index (χ0v) is 11.7. The fourth-order valence-electron chi connectivity index (χ4n) is 1.76. The van der Waals surface area contributed by atoms with Gasteiger partial charge in [0.1, 0.15) is 0 Å². The van der Waals surface area contributed by atoms with Crippen LogP contribution in [0.5, 0.6) is 0 Å².